The molecule has 1 aliphatic rings. The molecule has 3 heteroatoms. The summed E-state index contributed by atoms with van der Waals surface area (Å²) in [5.41, 5.74) is 3.58. The molecular formula is C17H18INO. The molecule has 1 heterocycles. The molecule has 1 aliphatic heterocycles. The topological polar surface area (TPSA) is 23.2 Å². The molecule has 0 atom stereocenters. The first-order chi connectivity index (χ1) is 9.36. The smallest absolute Gasteiger partial charge is 0.216 e. The Hall–Kier alpha value is -1.36. The van der Waals surface area contributed by atoms with Crippen LogP contribution >= 0.6 is 0 Å². The van der Waals surface area contributed by atoms with Crippen molar-refractivity contribution in [3.63, 3.8) is 0 Å². The normalized spacial score (nSPS) is 13.2. The van der Waals surface area contributed by atoms with Gasteiger partial charge in [-0.2, -0.15) is 4.58 Å². The van der Waals surface area contributed by atoms with Crippen molar-refractivity contribution in [1.82, 2.24) is 0 Å². The van der Waals surface area contributed by atoms with Gasteiger partial charge in [-0.15, -0.1) is 0 Å². The van der Waals surface area contributed by atoms with Crippen molar-refractivity contribution in [2.45, 2.75) is 19.8 Å². The summed E-state index contributed by atoms with van der Waals surface area (Å²) in [4.78, 5) is 0. The van der Waals surface area contributed by atoms with Gasteiger partial charge in [0, 0.05) is 18.6 Å². The lowest BCUT2D eigenvalue weighted by Gasteiger charge is -2.00. The first-order valence-corrected chi connectivity index (χ1v) is 6.84. The van der Waals surface area contributed by atoms with E-state index >= 15 is 0 Å². The summed E-state index contributed by atoms with van der Waals surface area (Å²) >= 11 is 0. The Labute approximate surface area is 136 Å². The predicted octanol–water partition coefficient (Wildman–Crippen LogP) is 1.16. The quantitative estimate of drug-likeness (QED) is 0.481. The maximum Gasteiger partial charge on any atom is 0.216 e. The molecule has 0 saturated heterocycles. The van der Waals surface area contributed by atoms with Gasteiger partial charge in [-0.1, -0.05) is 37.6 Å². The van der Waals surface area contributed by atoms with E-state index in [1.807, 2.05) is 0 Å². The standard InChI is InChI=1S/C17H17NO.HI/c1-2-3-11-18-15(10-12-19)14-8-4-6-13-7-5-9-16(18)17(13)14;/h4-10,12H,2-3,11H2,1H3;1H. The fourth-order valence-corrected chi connectivity index (χ4v) is 2.84. The number of allylic oxidation sites excluding steroid dienone is 1. The second kappa shape index (κ2) is 6.39. The van der Waals surface area contributed by atoms with E-state index in [2.05, 4.69) is 47.9 Å². The fourth-order valence-electron chi connectivity index (χ4n) is 2.84. The van der Waals surface area contributed by atoms with Crippen LogP contribution in [0.1, 0.15) is 25.3 Å². The van der Waals surface area contributed by atoms with Crippen LogP contribution in [0.3, 0.4) is 0 Å². The molecule has 3 rings (SSSR count). The molecule has 0 fully saturated rings. The molecule has 0 aliphatic carbocycles. The van der Waals surface area contributed by atoms with E-state index in [1.54, 1.807) is 6.08 Å². The van der Waals surface area contributed by atoms with Gasteiger partial charge in [-0.05, 0) is 11.5 Å². The zero-order chi connectivity index (χ0) is 13.2. The van der Waals surface area contributed by atoms with Crippen molar-refractivity contribution in [2.24, 2.45) is 0 Å². The van der Waals surface area contributed by atoms with Gasteiger partial charge in [0.25, 0.3) is 0 Å². The maximum absolute atomic E-state index is 9.18. The molecular weight excluding hydrogens is 361 g/mol. The minimum Gasteiger partial charge on any atom is -1.00 e. The van der Waals surface area contributed by atoms with Gasteiger partial charge in [0.1, 0.15) is 6.54 Å². The minimum atomic E-state index is 0. The van der Waals surface area contributed by atoms with Crippen LogP contribution in [-0.4, -0.2) is 21.9 Å². The van der Waals surface area contributed by atoms with E-state index < -0.39 is 0 Å². The van der Waals surface area contributed by atoms with Gasteiger partial charge in [-0.3, -0.25) is 0 Å². The van der Waals surface area contributed by atoms with E-state index in [9.17, 15) is 5.11 Å². The summed E-state index contributed by atoms with van der Waals surface area (Å²) in [5.74, 6) is 0. The van der Waals surface area contributed by atoms with Crippen LogP contribution in [0.2, 0.25) is 0 Å². The Morgan fingerprint density at radius 1 is 1.15 bits per heavy atom. The van der Waals surface area contributed by atoms with Crippen LogP contribution in [0, 0.1) is 0 Å². The van der Waals surface area contributed by atoms with Crippen molar-refractivity contribution in [3.8, 4) is 0 Å². The first-order valence-electron chi connectivity index (χ1n) is 6.84. The Kier molecular flexibility index (Phi) is 4.81. The number of nitrogens with zero attached hydrogens (tertiary/aromatic N) is 1. The van der Waals surface area contributed by atoms with Gasteiger partial charge in [0.05, 0.1) is 17.2 Å². The molecule has 0 aromatic heterocycles. The molecule has 2 nitrogen and oxygen atoms in total. The molecule has 104 valence electrons. The van der Waals surface area contributed by atoms with E-state index in [-0.39, 0.29) is 24.0 Å². The number of benzene rings is 2. The molecule has 2 aromatic carbocycles. The van der Waals surface area contributed by atoms with E-state index in [4.69, 9.17) is 0 Å². The molecule has 0 spiro atoms. The molecule has 20 heavy (non-hydrogen) atoms. The lowest BCUT2D eigenvalue weighted by Crippen LogP contribution is -3.00. The van der Waals surface area contributed by atoms with Crippen LogP contribution in [0.5, 0.6) is 0 Å². The van der Waals surface area contributed by atoms with Crippen LogP contribution < -0.4 is 24.0 Å². The first kappa shape index (κ1) is 15.0. The van der Waals surface area contributed by atoms with Crippen LogP contribution in [0.4, 0.5) is 5.69 Å². The van der Waals surface area contributed by atoms with Crippen LogP contribution in [0.25, 0.3) is 10.8 Å². The molecule has 0 unspecified atom stereocenters. The monoisotopic (exact) mass is 379 g/mol. The summed E-state index contributed by atoms with van der Waals surface area (Å²) in [6, 6.07) is 12.8. The number of aliphatic hydroxyl groups excluding tert-OH is 1. The van der Waals surface area contributed by atoms with Gasteiger partial charge in [-0.25, -0.2) is 0 Å². The largest absolute Gasteiger partial charge is 1.00 e. The number of halogens is 1. The van der Waals surface area contributed by atoms with Crippen molar-refractivity contribution < 1.29 is 33.7 Å². The molecule has 0 saturated carbocycles. The number of hydrogen-bond donors (Lipinski definition) is 1. The van der Waals surface area contributed by atoms with E-state index in [0.717, 1.165) is 24.9 Å². The molecule has 0 amide bonds. The average molecular weight is 379 g/mol. The minimum absolute atomic E-state index is 0. The second-order valence-corrected chi connectivity index (χ2v) is 4.89. The van der Waals surface area contributed by atoms with E-state index in [1.165, 1.54) is 28.4 Å². The Morgan fingerprint density at radius 2 is 1.90 bits per heavy atom. The SMILES string of the molecule is CCCC[N+]1=C(/C=C/O)c2cccc3cccc1c23.[I-]. The van der Waals surface area contributed by atoms with Gasteiger partial charge in [0.2, 0.25) is 11.4 Å². The maximum atomic E-state index is 9.18. The van der Waals surface area contributed by atoms with Gasteiger partial charge >= 0.3 is 0 Å². The molecule has 2 aromatic rings. The highest BCUT2D eigenvalue weighted by molar-refractivity contribution is 6.19. The summed E-state index contributed by atoms with van der Waals surface area (Å²) in [6.07, 6.45) is 5.25. The predicted molar refractivity (Wildman–Crippen MR) is 79.5 cm³/mol. The molecule has 1 N–H and O–H groups in total. The highest BCUT2D eigenvalue weighted by atomic mass is 127. The lowest BCUT2D eigenvalue weighted by molar-refractivity contribution is -0.436. The summed E-state index contributed by atoms with van der Waals surface area (Å²) in [6.45, 7) is 3.19. The summed E-state index contributed by atoms with van der Waals surface area (Å²) < 4.78 is 2.31. The van der Waals surface area contributed by atoms with Crippen molar-refractivity contribution in [3.05, 3.63) is 54.3 Å². The third-order valence-corrected chi connectivity index (χ3v) is 3.71. The van der Waals surface area contributed by atoms with Crippen LogP contribution in [0.15, 0.2) is 48.7 Å². The fraction of sp³-hybridized carbons (Fsp3) is 0.235. The van der Waals surface area contributed by atoms with Crippen LogP contribution in [-0.2, 0) is 0 Å². The third-order valence-electron chi connectivity index (χ3n) is 3.71. The number of hydrogen-bond acceptors (Lipinski definition) is 1. The highest BCUT2D eigenvalue weighted by Gasteiger charge is 2.29. The van der Waals surface area contributed by atoms with E-state index in [0.29, 0.717) is 0 Å². The van der Waals surface area contributed by atoms with Gasteiger partial charge < -0.3 is 29.1 Å². The number of rotatable bonds is 4. The van der Waals surface area contributed by atoms with Gasteiger partial charge in [0.15, 0.2) is 0 Å². The Bertz CT molecular complexity index is 683. The Balaban J connectivity index is 0.00000147. The molecule has 0 bridgehead atoms. The zero-order valence-corrected chi connectivity index (χ0v) is 13.7. The summed E-state index contributed by atoms with van der Waals surface area (Å²) in [5, 5.41) is 11.7. The summed E-state index contributed by atoms with van der Waals surface area (Å²) in [7, 11) is 0. The van der Waals surface area contributed by atoms with Crippen molar-refractivity contribution in [2.75, 3.05) is 6.54 Å². The highest BCUT2D eigenvalue weighted by Crippen LogP contribution is 2.35. The van der Waals surface area contributed by atoms with Crippen molar-refractivity contribution >= 4 is 22.2 Å². The number of unbranched alkanes of at least 4 members (excludes halogenated alkanes) is 1. The lowest BCUT2D eigenvalue weighted by atomic mass is 10.0. The zero-order valence-electron chi connectivity index (χ0n) is 11.5. The third kappa shape index (κ3) is 2.35. The molecule has 0 radical (unpaired) electrons. The second-order valence-electron chi connectivity index (χ2n) is 4.89. The number of aliphatic hydroxyl groups is 1. The average Bonchev–Trinajstić information content (AvgIpc) is 2.74. The Morgan fingerprint density at radius 3 is 2.60 bits per heavy atom. The van der Waals surface area contributed by atoms with Crippen molar-refractivity contribution in [1.29, 1.82) is 0 Å².